The maximum absolute atomic E-state index is 5.96. The number of hydrogen-bond acceptors (Lipinski definition) is 4. The number of hydrogen-bond donors (Lipinski definition) is 2. The van der Waals surface area contributed by atoms with Crippen LogP contribution in [0.15, 0.2) is 23.2 Å². The summed E-state index contributed by atoms with van der Waals surface area (Å²) in [6.07, 6.45) is 4.91. The number of methoxy groups -OCH3 is 1. The van der Waals surface area contributed by atoms with Gasteiger partial charge in [0.1, 0.15) is 5.75 Å². The number of rotatable bonds is 10. The van der Waals surface area contributed by atoms with Gasteiger partial charge in [0.25, 0.3) is 0 Å². The fraction of sp³-hybridized carbons (Fsp3) is 0.667. The molecule has 28 heavy (non-hydrogen) atoms. The Hall–Kier alpha value is -1.06. The molecule has 1 heterocycles. The number of aryl methyl sites for hydroxylation is 1. The summed E-state index contributed by atoms with van der Waals surface area (Å²) in [7, 11) is 3.53. The van der Waals surface area contributed by atoms with Crippen LogP contribution in [-0.4, -0.2) is 64.4 Å². The molecule has 0 saturated carbocycles. The Morgan fingerprint density at radius 2 is 1.93 bits per heavy atom. The highest BCUT2D eigenvalue weighted by atomic mass is 127. The summed E-state index contributed by atoms with van der Waals surface area (Å²) >= 11 is 0. The van der Waals surface area contributed by atoms with E-state index in [0.717, 1.165) is 36.8 Å². The van der Waals surface area contributed by atoms with Gasteiger partial charge in [0.2, 0.25) is 0 Å². The van der Waals surface area contributed by atoms with Crippen molar-refractivity contribution in [2.75, 3.05) is 53.6 Å². The Kier molecular flexibility index (Phi) is 13.3. The van der Waals surface area contributed by atoms with Crippen molar-refractivity contribution in [3.05, 3.63) is 29.3 Å². The van der Waals surface area contributed by atoms with Crippen LogP contribution in [0, 0.1) is 6.92 Å². The van der Waals surface area contributed by atoms with Crippen LogP contribution >= 0.6 is 24.0 Å². The molecule has 160 valence electrons. The molecule has 7 heteroatoms. The van der Waals surface area contributed by atoms with Gasteiger partial charge in [-0.1, -0.05) is 18.6 Å². The second-order valence-corrected chi connectivity index (χ2v) is 7.06. The Labute approximate surface area is 187 Å². The van der Waals surface area contributed by atoms with Gasteiger partial charge in [0.15, 0.2) is 5.96 Å². The lowest BCUT2D eigenvalue weighted by Gasteiger charge is -2.26. The molecule has 0 bridgehead atoms. The maximum atomic E-state index is 5.96. The van der Waals surface area contributed by atoms with Crippen molar-refractivity contribution in [1.29, 1.82) is 0 Å². The molecule has 1 aliphatic heterocycles. The summed E-state index contributed by atoms with van der Waals surface area (Å²) < 4.78 is 11.0. The van der Waals surface area contributed by atoms with Gasteiger partial charge in [-0.25, -0.2) is 0 Å². The molecule has 1 aromatic carbocycles. The highest BCUT2D eigenvalue weighted by molar-refractivity contribution is 14.0. The quantitative estimate of drug-likeness (QED) is 0.222. The van der Waals surface area contributed by atoms with Crippen LogP contribution in [0.3, 0.4) is 0 Å². The van der Waals surface area contributed by atoms with Crippen LogP contribution in [0.5, 0.6) is 5.75 Å². The van der Waals surface area contributed by atoms with Crippen molar-refractivity contribution in [2.45, 2.75) is 39.2 Å². The second kappa shape index (κ2) is 14.9. The van der Waals surface area contributed by atoms with Gasteiger partial charge < -0.3 is 25.0 Å². The molecule has 2 rings (SSSR count). The Morgan fingerprint density at radius 1 is 1.14 bits per heavy atom. The first-order valence-electron chi connectivity index (χ1n) is 10.1. The van der Waals surface area contributed by atoms with Gasteiger partial charge in [0.05, 0.1) is 6.61 Å². The van der Waals surface area contributed by atoms with E-state index in [1.54, 1.807) is 7.11 Å². The Bertz CT molecular complexity index is 578. The molecular weight excluding hydrogens is 467 g/mol. The highest BCUT2D eigenvalue weighted by Gasteiger charge is 2.10. The summed E-state index contributed by atoms with van der Waals surface area (Å²) in [5, 5.41) is 6.82. The summed E-state index contributed by atoms with van der Waals surface area (Å²) in [4.78, 5) is 6.86. The average molecular weight is 504 g/mol. The molecule has 0 radical (unpaired) electrons. The van der Waals surface area contributed by atoms with Crippen LogP contribution in [0.1, 0.15) is 36.8 Å². The van der Waals surface area contributed by atoms with Crippen molar-refractivity contribution < 1.29 is 9.47 Å². The number of aliphatic imine (C=N–C) groups is 1. The zero-order valence-electron chi connectivity index (χ0n) is 17.6. The summed E-state index contributed by atoms with van der Waals surface area (Å²) in [5.74, 6) is 1.76. The van der Waals surface area contributed by atoms with Crippen molar-refractivity contribution >= 4 is 29.9 Å². The van der Waals surface area contributed by atoms with Gasteiger partial charge in [-0.15, -0.1) is 24.0 Å². The highest BCUT2D eigenvalue weighted by Crippen LogP contribution is 2.20. The topological polar surface area (TPSA) is 58.1 Å². The standard InChI is InChI=1S/C21H36N4O2.HI/c1-18-8-9-19(20(16-18)27-15-7-14-26-3)17-24-21(22-2)23-10-13-25-11-5-4-6-12-25;/h8-9,16H,4-7,10-15,17H2,1-3H3,(H2,22,23,24);1H. The first-order chi connectivity index (χ1) is 13.2. The van der Waals surface area contributed by atoms with E-state index in [1.165, 1.54) is 37.9 Å². The van der Waals surface area contributed by atoms with E-state index in [-0.39, 0.29) is 24.0 Å². The van der Waals surface area contributed by atoms with E-state index < -0.39 is 0 Å². The van der Waals surface area contributed by atoms with E-state index in [1.807, 2.05) is 7.05 Å². The minimum Gasteiger partial charge on any atom is -0.493 e. The molecule has 1 fully saturated rings. The lowest BCUT2D eigenvalue weighted by atomic mass is 10.1. The lowest BCUT2D eigenvalue weighted by Crippen LogP contribution is -2.42. The minimum absolute atomic E-state index is 0. The molecule has 1 saturated heterocycles. The molecule has 2 N–H and O–H groups in total. The van der Waals surface area contributed by atoms with Crippen LogP contribution < -0.4 is 15.4 Å². The first kappa shape index (κ1) is 25.0. The SMILES string of the molecule is CN=C(NCCN1CCCCC1)NCc1ccc(C)cc1OCCCOC.I. The third kappa shape index (κ3) is 9.43. The van der Waals surface area contributed by atoms with E-state index in [4.69, 9.17) is 9.47 Å². The molecular formula is C21H37IN4O2. The zero-order valence-corrected chi connectivity index (χ0v) is 20.0. The summed E-state index contributed by atoms with van der Waals surface area (Å²) in [6.45, 7) is 8.57. The van der Waals surface area contributed by atoms with Gasteiger partial charge in [-0.2, -0.15) is 0 Å². The Morgan fingerprint density at radius 3 is 2.64 bits per heavy atom. The van der Waals surface area contributed by atoms with E-state index >= 15 is 0 Å². The van der Waals surface area contributed by atoms with Crippen LogP contribution in [0.4, 0.5) is 0 Å². The predicted molar refractivity (Wildman–Crippen MR) is 127 cm³/mol. The number of nitrogens with zero attached hydrogens (tertiary/aromatic N) is 2. The fourth-order valence-corrected chi connectivity index (χ4v) is 3.24. The van der Waals surface area contributed by atoms with Crippen molar-refractivity contribution in [1.82, 2.24) is 15.5 Å². The monoisotopic (exact) mass is 504 g/mol. The van der Waals surface area contributed by atoms with Crippen molar-refractivity contribution in [2.24, 2.45) is 4.99 Å². The molecule has 0 atom stereocenters. The minimum atomic E-state index is 0. The van der Waals surface area contributed by atoms with Crippen LogP contribution in [0.2, 0.25) is 0 Å². The van der Waals surface area contributed by atoms with Crippen molar-refractivity contribution in [3.63, 3.8) is 0 Å². The van der Waals surface area contributed by atoms with Gasteiger partial charge in [0, 0.05) is 52.4 Å². The van der Waals surface area contributed by atoms with Gasteiger partial charge >= 0.3 is 0 Å². The van der Waals surface area contributed by atoms with Gasteiger partial charge in [-0.05, 0) is 44.5 Å². The predicted octanol–water partition coefficient (Wildman–Crippen LogP) is 3.18. The number of ether oxygens (including phenoxy) is 2. The molecule has 6 nitrogen and oxygen atoms in total. The van der Waals surface area contributed by atoms with E-state index in [2.05, 4.69) is 45.6 Å². The first-order valence-corrected chi connectivity index (χ1v) is 10.1. The fourth-order valence-electron chi connectivity index (χ4n) is 3.24. The second-order valence-electron chi connectivity index (χ2n) is 7.06. The third-order valence-corrected chi connectivity index (χ3v) is 4.81. The molecule has 0 amide bonds. The molecule has 0 unspecified atom stereocenters. The number of halogens is 1. The maximum Gasteiger partial charge on any atom is 0.191 e. The van der Waals surface area contributed by atoms with Crippen LogP contribution in [0.25, 0.3) is 0 Å². The molecule has 0 aliphatic carbocycles. The lowest BCUT2D eigenvalue weighted by molar-refractivity contribution is 0.171. The van der Waals surface area contributed by atoms with Gasteiger partial charge in [-0.3, -0.25) is 4.99 Å². The molecule has 0 spiro atoms. The molecule has 0 aromatic heterocycles. The van der Waals surface area contributed by atoms with E-state index in [0.29, 0.717) is 19.8 Å². The molecule has 1 aromatic rings. The normalized spacial score (nSPS) is 15.0. The number of nitrogens with one attached hydrogen (secondary N) is 2. The number of benzene rings is 1. The average Bonchev–Trinajstić information content (AvgIpc) is 2.69. The largest absolute Gasteiger partial charge is 0.493 e. The summed E-state index contributed by atoms with van der Waals surface area (Å²) in [6, 6.07) is 6.33. The molecule has 1 aliphatic rings. The number of guanidine groups is 1. The summed E-state index contributed by atoms with van der Waals surface area (Å²) in [5.41, 5.74) is 2.33. The number of likely N-dealkylation sites (tertiary alicyclic amines) is 1. The third-order valence-electron chi connectivity index (χ3n) is 4.81. The Balaban J connectivity index is 0.00000392. The zero-order chi connectivity index (χ0) is 19.3. The van der Waals surface area contributed by atoms with Crippen molar-refractivity contribution in [3.8, 4) is 5.75 Å². The smallest absolute Gasteiger partial charge is 0.191 e. The number of piperidine rings is 1. The van der Waals surface area contributed by atoms with E-state index in [9.17, 15) is 0 Å². The van der Waals surface area contributed by atoms with Crippen LogP contribution in [-0.2, 0) is 11.3 Å².